The Morgan fingerprint density at radius 3 is 2.95 bits per heavy atom. The summed E-state index contributed by atoms with van der Waals surface area (Å²) in [5, 5.41) is 7.51. The van der Waals surface area contributed by atoms with E-state index in [0.717, 1.165) is 11.3 Å². The first-order valence-corrected chi connectivity index (χ1v) is 7.63. The molecule has 0 spiro atoms. The van der Waals surface area contributed by atoms with E-state index < -0.39 is 0 Å². The van der Waals surface area contributed by atoms with Crippen molar-refractivity contribution in [2.24, 2.45) is 0 Å². The van der Waals surface area contributed by atoms with Crippen molar-refractivity contribution < 1.29 is 4.79 Å². The lowest BCUT2D eigenvalue weighted by atomic mass is 10.1. The maximum absolute atomic E-state index is 12.1. The van der Waals surface area contributed by atoms with Gasteiger partial charge >= 0.3 is 0 Å². The van der Waals surface area contributed by atoms with Crippen molar-refractivity contribution in [1.82, 2.24) is 5.32 Å². The van der Waals surface area contributed by atoms with Crippen LogP contribution in [0.3, 0.4) is 0 Å². The lowest BCUT2D eigenvalue weighted by Gasteiger charge is -2.14. The van der Waals surface area contributed by atoms with Crippen LogP contribution in [0.2, 0.25) is 5.02 Å². The third kappa shape index (κ3) is 4.00. The molecule has 100 valence electrons. The molecular weight excluding hydrogens is 298 g/mol. The Hall–Kier alpha value is -0.970. The summed E-state index contributed by atoms with van der Waals surface area (Å²) >= 11 is 11.9. The maximum Gasteiger partial charge on any atom is 0.253 e. The summed E-state index contributed by atoms with van der Waals surface area (Å²) in [6.45, 7) is 1.98. The largest absolute Gasteiger partial charge is 0.349 e. The first-order chi connectivity index (χ1) is 9.06. The van der Waals surface area contributed by atoms with Crippen LogP contribution >= 0.6 is 35.6 Å². The standard InChI is InChI=1S/C14H14ClNOS2/c1-9(6-10-4-5-19-8-10)16-14(17)12-7-11(18)2-3-13(12)15/h2-5,7-9,18H,6H2,1H3,(H,16,17). The molecule has 5 heteroatoms. The summed E-state index contributed by atoms with van der Waals surface area (Å²) in [5.41, 5.74) is 1.69. The predicted octanol–water partition coefficient (Wildman–Crippen LogP) is 4.05. The highest BCUT2D eigenvalue weighted by atomic mass is 35.5. The zero-order valence-corrected chi connectivity index (χ0v) is 12.9. The molecule has 1 N–H and O–H groups in total. The van der Waals surface area contributed by atoms with Crippen LogP contribution in [0.5, 0.6) is 0 Å². The monoisotopic (exact) mass is 311 g/mol. The first kappa shape index (κ1) is 14.4. The second kappa shape index (κ2) is 6.46. The summed E-state index contributed by atoms with van der Waals surface area (Å²) in [5.74, 6) is -0.163. The average Bonchev–Trinajstić information content (AvgIpc) is 2.84. The Balaban J connectivity index is 2.02. The quantitative estimate of drug-likeness (QED) is 0.819. The molecule has 1 aromatic heterocycles. The minimum absolute atomic E-state index is 0.0572. The normalized spacial score (nSPS) is 12.2. The number of halogens is 1. The first-order valence-electron chi connectivity index (χ1n) is 5.86. The van der Waals surface area contributed by atoms with Gasteiger partial charge in [0.15, 0.2) is 0 Å². The molecule has 0 fully saturated rings. The summed E-state index contributed by atoms with van der Waals surface area (Å²) in [4.78, 5) is 12.9. The Kier molecular flexibility index (Phi) is 4.91. The van der Waals surface area contributed by atoms with Crippen molar-refractivity contribution >= 4 is 41.5 Å². The minimum Gasteiger partial charge on any atom is -0.349 e. The second-order valence-corrected chi connectivity index (χ2v) is 6.08. The number of carbonyl (C=O) groups is 1. The highest BCUT2D eigenvalue weighted by Crippen LogP contribution is 2.19. The van der Waals surface area contributed by atoms with Gasteiger partial charge in [-0.05, 0) is 53.9 Å². The van der Waals surface area contributed by atoms with Gasteiger partial charge < -0.3 is 5.32 Å². The van der Waals surface area contributed by atoms with E-state index in [1.807, 2.05) is 12.3 Å². The number of amides is 1. The van der Waals surface area contributed by atoms with Crippen molar-refractivity contribution in [3.8, 4) is 0 Å². The van der Waals surface area contributed by atoms with Crippen LogP contribution in [0.4, 0.5) is 0 Å². The summed E-state index contributed by atoms with van der Waals surface area (Å²) in [6.07, 6.45) is 0.813. The smallest absolute Gasteiger partial charge is 0.253 e. The Bertz CT molecular complexity index is 569. The number of thiophene rings is 1. The number of hydrogen-bond donors (Lipinski definition) is 2. The minimum atomic E-state index is -0.163. The molecule has 19 heavy (non-hydrogen) atoms. The van der Waals surface area contributed by atoms with Crippen LogP contribution < -0.4 is 5.32 Å². The number of rotatable bonds is 4. The molecule has 1 atom stereocenters. The van der Waals surface area contributed by atoms with Crippen LogP contribution in [0, 0.1) is 0 Å². The third-order valence-corrected chi connectivity index (χ3v) is 4.03. The van der Waals surface area contributed by atoms with Gasteiger partial charge in [0, 0.05) is 10.9 Å². The van der Waals surface area contributed by atoms with Crippen molar-refractivity contribution in [2.75, 3.05) is 0 Å². The van der Waals surface area contributed by atoms with Gasteiger partial charge in [0.25, 0.3) is 5.91 Å². The molecule has 1 amide bonds. The molecule has 1 heterocycles. The van der Waals surface area contributed by atoms with Gasteiger partial charge in [-0.3, -0.25) is 4.79 Å². The molecule has 0 aliphatic heterocycles. The number of carbonyl (C=O) groups excluding carboxylic acids is 1. The van der Waals surface area contributed by atoms with Gasteiger partial charge in [-0.2, -0.15) is 11.3 Å². The fourth-order valence-electron chi connectivity index (χ4n) is 1.80. The molecule has 0 saturated heterocycles. The zero-order chi connectivity index (χ0) is 13.8. The molecule has 2 aromatic rings. The van der Waals surface area contributed by atoms with E-state index in [0.29, 0.717) is 10.6 Å². The topological polar surface area (TPSA) is 29.1 Å². The van der Waals surface area contributed by atoms with E-state index in [1.54, 1.807) is 29.5 Å². The highest BCUT2D eigenvalue weighted by Gasteiger charge is 2.13. The van der Waals surface area contributed by atoms with Crippen molar-refractivity contribution in [2.45, 2.75) is 24.3 Å². The van der Waals surface area contributed by atoms with E-state index >= 15 is 0 Å². The molecule has 0 aliphatic rings. The summed E-state index contributed by atoms with van der Waals surface area (Å²) in [6, 6.07) is 7.24. The van der Waals surface area contributed by atoms with Crippen LogP contribution in [0.1, 0.15) is 22.8 Å². The van der Waals surface area contributed by atoms with Crippen LogP contribution in [0.15, 0.2) is 39.9 Å². The van der Waals surface area contributed by atoms with Crippen molar-refractivity contribution in [3.05, 3.63) is 51.2 Å². The fraction of sp³-hybridized carbons (Fsp3) is 0.214. The van der Waals surface area contributed by atoms with E-state index in [2.05, 4.69) is 29.4 Å². The molecule has 1 aromatic carbocycles. The molecule has 0 aliphatic carbocycles. The van der Waals surface area contributed by atoms with Crippen LogP contribution in [-0.2, 0) is 6.42 Å². The van der Waals surface area contributed by atoms with Gasteiger partial charge in [-0.15, -0.1) is 12.6 Å². The van der Waals surface area contributed by atoms with Crippen molar-refractivity contribution in [3.63, 3.8) is 0 Å². The summed E-state index contributed by atoms with van der Waals surface area (Å²) < 4.78 is 0. The van der Waals surface area contributed by atoms with Crippen LogP contribution in [-0.4, -0.2) is 11.9 Å². The van der Waals surface area contributed by atoms with Gasteiger partial charge in [-0.25, -0.2) is 0 Å². The molecule has 1 unspecified atom stereocenters. The number of nitrogens with one attached hydrogen (secondary N) is 1. The van der Waals surface area contributed by atoms with E-state index in [9.17, 15) is 4.79 Å². The number of benzene rings is 1. The third-order valence-electron chi connectivity index (χ3n) is 2.69. The zero-order valence-electron chi connectivity index (χ0n) is 10.4. The number of hydrogen-bond acceptors (Lipinski definition) is 3. The van der Waals surface area contributed by atoms with Gasteiger partial charge in [0.2, 0.25) is 0 Å². The van der Waals surface area contributed by atoms with Gasteiger partial charge in [-0.1, -0.05) is 11.6 Å². The number of thiol groups is 1. The second-order valence-electron chi connectivity index (χ2n) is 4.37. The average molecular weight is 312 g/mol. The molecule has 2 rings (SSSR count). The van der Waals surface area contributed by atoms with E-state index in [-0.39, 0.29) is 11.9 Å². The molecule has 0 radical (unpaired) electrons. The lowest BCUT2D eigenvalue weighted by molar-refractivity contribution is 0.0940. The molecular formula is C14H14ClNOS2. The van der Waals surface area contributed by atoms with E-state index in [1.165, 1.54) is 5.56 Å². The van der Waals surface area contributed by atoms with Crippen LogP contribution in [0.25, 0.3) is 0 Å². The molecule has 0 saturated carbocycles. The summed E-state index contributed by atoms with van der Waals surface area (Å²) in [7, 11) is 0. The van der Waals surface area contributed by atoms with Gasteiger partial charge in [0.1, 0.15) is 0 Å². The molecule has 0 bridgehead atoms. The maximum atomic E-state index is 12.1. The molecule has 2 nitrogen and oxygen atoms in total. The Morgan fingerprint density at radius 2 is 2.26 bits per heavy atom. The lowest BCUT2D eigenvalue weighted by Crippen LogP contribution is -2.34. The predicted molar refractivity (Wildman–Crippen MR) is 83.7 cm³/mol. The van der Waals surface area contributed by atoms with E-state index in [4.69, 9.17) is 11.6 Å². The highest BCUT2D eigenvalue weighted by molar-refractivity contribution is 7.80. The Labute approximate surface area is 127 Å². The SMILES string of the molecule is CC(Cc1ccsc1)NC(=O)c1cc(S)ccc1Cl. The van der Waals surface area contributed by atoms with Gasteiger partial charge in [0.05, 0.1) is 10.6 Å². The fourth-order valence-corrected chi connectivity index (χ4v) is 2.89. The van der Waals surface area contributed by atoms with Crippen molar-refractivity contribution in [1.29, 1.82) is 0 Å². The Morgan fingerprint density at radius 1 is 1.47 bits per heavy atom.